The number of likely N-dealkylation sites (tertiary alicyclic amines) is 2. The van der Waals surface area contributed by atoms with Crippen LogP contribution in [0.15, 0.2) is 72.9 Å². The van der Waals surface area contributed by atoms with Crippen molar-refractivity contribution in [2.45, 2.75) is 82.6 Å². The van der Waals surface area contributed by atoms with Crippen LogP contribution in [0.4, 0.5) is 32.2 Å². The summed E-state index contributed by atoms with van der Waals surface area (Å²) in [6.45, 7) is 7.49. The molecule has 0 aliphatic carbocycles. The Morgan fingerprint density at radius 3 is 1.64 bits per heavy atom. The summed E-state index contributed by atoms with van der Waals surface area (Å²) >= 11 is 3.07. The average molecular weight is 921 g/mol. The number of benzene rings is 3. The number of aromatic nitrogens is 1. The van der Waals surface area contributed by atoms with Crippen LogP contribution in [0.25, 0.3) is 0 Å². The molecule has 0 spiro atoms. The minimum atomic E-state index is -0.592. The normalized spacial score (nSPS) is 17.0. The summed E-state index contributed by atoms with van der Waals surface area (Å²) in [6, 6.07) is 14.4. The first-order chi connectivity index (χ1) is 29.3. The van der Waals surface area contributed by atoms with Gasteiger partial charge in [-0.2, -0.15) is 0 Å². The average Bonchev–Trinajstić information content (AvgIpc) is 3.24. The fraction of sp³-hybridized carbons (Fsp3) is 0.455. The standard InChI is InChI=1S/C24H30F2N4O2.C13H18BF2NO2.C7H5BrF2/c25-20-2-1-19(22(26)14-20)16-32-21-6-11-30(12-7-21)24(31)18-4-9-29(10-5-18)15-17-3-8-28-23(27)13-17;1-14(18)17-6-4-12(5-7-17)19-9-10-2-3-11(15)8-13(10)16;8-4-5-1-2-6(9)3-7(5)10/h1-3,8,13-14,18,21H,4-7,9-12,15-16H2,(H2,27,28);2-3,8,12,18H,4-7,9H2,1H3;1-3H,4H2. The Labute approximate surface area is 362 Å². The van der Waals surface area contributed by atoms with Crippen molar-refractivity contribution in [3.05, 3.63) is 130 Å². The molecule has 9 nitrogen and oxygen atoms in total. The van der Waals surface area contributed by atoms with Gasteiger partial charge in [0.1, 0.15) is 40.7 Å². The lowest BCUT2D eigenvalue weighted by Crippen LogP contribution is -2.46. The van der Waals surface area contributed by atoms with Gasteiger partial charge in [0.25, 0.3) is 0 Å². The number of anilines is 1. The van der Waals surface area contributed by atoms with Crippen LogP contribution in [-0.2, 0) is 39.4 Å². The third kappa shape index (κ3) is 15.4. The topological polar surface area (TPSA) is 104 Å². The van der Waals surface area contributed by atoms with Crippen molar-refractivity contribution in [3.8, 4) is 0 Å². The van der Waals surface area contributed by atoms with Gasteiger partial charge in [-0.3, -0.25) is 9.69 Å². The molecule has 0 saturated carbocycles. The van der Waals surface area contributed by atoms with Crippen molar-refractivity contribution in [1.82, 2.24) is 19.6 Å². The maximum Gasteiger partial charge on any atom is 0.376 e. The largest absolute Gasteiger partial charge is 0.437 e. The molecule has 61 heavy (non-hydrogen) atoms. The molecule has 3 fully saturated rings. The lowest BCUT2D eigenvalue weighted by Gasteiger charge is -2.37. The highest BCUT2D eigenvalue weighted by molar-refractivity contribution is 9.08. The van der Waals surface area contributed by atoms with Crippen LogP contribution in [0.5, 0.6) is 0 Å². The molecule has 1 aromatic heterocycles. The summed E-state index contributed by atoms with van der Waals surface area (Å²) < 4.78 is 89.2. The second-order valence-corrected chi connectivity index (χ2v) is 16.1. The molecule has 0 radical (unpaired) electrons. The van der Waals surface area contributed by atoms with Crippen molar-refractivity contribution >= 4 is 34.7 Å². The number of carbonyl (C=O) groups excluding carboxylic acids is 1. The maximum absolute atomic E-state index is 13.8. The first kappa shape index (κ1) is 48.0. The van der Waals surface area contributed by atoms with E-state index in [-0.39, 0.29) is 37.2 Å². The van der Waals surface area contributed by atoms with Gasteiger partial charge in [0, 0.05) is 66.4 Å². The molecule has 4 heterocycles. The Hall–Kier alpha value is -4.00. The van der Waals surface area contributed by atoms with E-state index in [2.05, 4.69) is 25.8 Å². The highest BCUT2D eigenvalue weighted by atomic mass is 79.9. The van der Waals surface area contributed by atoms with E-state index < -0.39 is 42.0 Å². The van der Waals surface area contributed by atoms with Gasteiger partial charge in [-0.05, 0) is 113 Å². The number of amides is 1. The summed E-state index contributed by atoms with van der Waals surface area (Å²) in [6.07, 6.45) is 6.59. The number of rotatable bonds is 11. The number of halogens is 7. The minimum Gasteiger partial charge on any atom is -0.437 e. The second-order valence-electron chi connectivity index (χ2n) is 15.5. The number of piperidine rings is 3. The van der Waals surface area contributed by atoms with Gasteiger partial charge in [0.15, 0.2) is 0 Å². The smallest absolute Gasteiger partial charge is 0.376 e. The molecule has 3 aliphatic heterocycles. The van der Waals surface area contributed by atoms with Crippen molar-refractivity contribution in [1.29, 1.82) is 0 Å². The molecule has 17 heteroatoms. The van der Waals surface area contributed by atoms with E-state index in [1.807, 2.05) is 21.8 Å². The number of alkyl halides is 1. The maximum atomic E-state index is 13.8. The van der Waals surface area contributed by atoms with Crippen LogP contribution < -0.4 is 5.73 Å². The number of nitrogens with zero attached hydrogens (tertiary/aromatic N) is 4. The van der Waals surface area contributed by atoms with E-state index in [1.165, 1.54) is 36.4 Å². The number of pyridine rings is 1. The Morgan fingerprint density at radius 1 is 0.721 bits per heavy atom. The quantitative estimate of drug-likeness (QED) is 0.0881. The van der Waals surface area contributed by atoms with Crippen LogP contribution in [0.1, 0.15) is 60.8 Å². The lowest BCUT2D eigenvalue weighted by atomic mass is 9.82. The first-order valence-corrected chi connectivity index (χ1v) is 21.6. The molecule has 3 aliphatic rings. The molecule has 1 amide bonds. The first-order valence-electron chi connectivity index (χ1n) is 20.5. The number of nitrogen functional groups attached to an aromatic ring is 1. The van der Waals surface area contributed by atoms with Gasteiger partial charge in [0.2, 0.25) is 5.91 Å². The summed E-state index contributed by atoms with van der Waals surface area (Å²) in [4.78, 5) is 23.3. The van der Waals surface area contributed by atoms with Crippen molar-refractivity contribution in [3.63, 3.8) is 0 Å². The summed E-state index contributed by atoms with van der Waals surface area (Å²) in [7, 11) is -0.435. The van der Waals surface area contributed by atoms with Crippen molar-refractivity contribution < 1.29 is 45.6 Å². The van der Waals surface area contributed by atoms with E-state index in [0.29, 0.717) is 40.9 Å². The summed E-state index contributed by atoms with van der Waals surface area (Å²) in [5, 5.41) is 9.85. The number of hydrogen-bond acceptors (Lipinski definition) is 8. The number of carbonyl (C=O) groups is 1. The van der Waals surface area contributed by atoms with Gasteiger partial charge in [-0.25, -0.2) is 31.3 Å². The zero-order chi connectivity index (χ0) is 43.9. The van der Waals surface area contributed by atoms with E-state index in [9.17, 15) is 36.2 Å². The number of hydrogen-bond donors (Lipinski definition) is 2. The van der Waals surface area contributed by atoms with Gasteiger partial charge >= 0.3 is 7.05 Å². The van der Waals surface area contributed by atoms with E-state index in [0.717, 1.165) is 95.0 Å². The molecule has 0 unspecified atom stereocenters. The number of ether oxygens (including phenoxy) is 2. The predicted molar refractivity (Wildman–Crippen MR) is 226 cm³/mol. The Kier molecular flexibility index (Phi) is 18.9. The number of nitrogens with two attached hydrogens (primary N) is 1. The fourth-order valence-corrected chi connectivity index (χ4v) is 7.88. The molecule has 3 N–H and O–H groups in total. The summed E-state index contributed by atoms with van der Waals surface area (Å²) in [5.41, 5.74) is 8.10. The zero-order valence-corrected chi connectivity index (χ0v) is 35.8. The Bertz CT molecular complexity index is 2000. The Balaban J connectivity index is 0.000000204. The molecule has 3 saturated heterocycles. The van der Waals surface area contributed by atoms with Crippen LogP contribution in [0, 0.1) is 40.8 Å². The SMILES string of the molecule is CB(O)N1CCC(OCc2ccc(F)cc2F)CC1.Fc1ccc(CBr)c(F)c1.Nc1cc(CN2CCC(C(=O)N3CCC(OCc4ccc(F)cc4F)CC3)CC2)ccn1. The third-order valence-electron chi connectivity index (χ3n) is 11.1. The molecule has 4 aromatic rings. The van der Waals surface area contributed by atoms with Crippen LogP contribution in [-0.4, -0.2) is 89.1 Å². The molecule has 330 valence electrons. The second kappa shape index (κ2) is 24.0. The monoisotopic (exact) mass is 919 g/mol. The lowest BCUT2D eigenvalue weighted by molar-refractivity contribution is -0.140. The van der Waals surface area contributed by atoms with Gasteiger partial charge in [-0.15, -0.1) is 0 Å². The highest BCUT2D eigenvalue weighted by Gasteiger charge is 2.31. The van der Waals surface area contributed by atoms with Crippen LogP contribution in [0.2, 0.25) is 6.82 Å². The zero-order valence-electron chi connectivity index (χ0n) is 34.2. The molecular formula is C44H53BBrF6N5O4. The minimum absolute atomic E-state index is 0.0156. The molecule has 3 aromatic carbocycles. The van der Waals surface area contributed by atoms with Gasteiger partial charge in [0.05, 0.1) is 25.4 Å². The van der Waals surface area contributed by atoms with Crippen LogP contribution >= 0.6 is 15.9 Å². The Morgan fingerprint density at radius 2 is 1.20 bits per heavy atom. The van der Waals surface area contributed by atoms with Gasteiger partial charge in [-0.1, -0.05) is 34.1 Å². The van der Waals surface area contributed by atoms with Gasteiger partial charge < -0.3 is 29.9 Å². The van der Waals surface area contributed by atoms with E-state index in [1.54, 1.807) is 13.0 Å². The molecule has 7 rings (SSSR count). The van der Waals surface area contributed by atoms with Crippen LogP contribution in [0.3, 0.4) is 0 Å². The predicted octanol–water partition coefficient (Wildman–Crippen LogP) is 8.28. The van der Waals surface area contributed by atoms with Crippen molar-refractivity contribution in [2.24, 2.45) is 5.92 Å². The highest BCUT2D eigenvalue weighted by Crippen LogP contribution is 2.25. The van der Waals surface area contributed by atoms with Crippen molar-refractivity contribution in [2.75, 3.05) is 45.0 Å². The van der Waals surface area contributed by atoms with E-state index in [4.69, 9.17) is 15.2 Å². The summed E-state index contributed by atoms with van der Waals surface area (Å²) in [5.74, 6) is -2.53. The third-order valence-corrected chi connectivity index (χ3v) is 11.7. The molecular weight excluding hydrogens is 867 g/mol. The molecule has 0 bridgehead atoms. The van der Waals surface area contributed by atoms with E-state index >= 15 is 0 Å². The molecule has 0 atom stereocenters. The fourth-order valence-electron chi connectivity index (χ4n) is 7.43.